The Hall–Kier alpha value is -1.49. The normalized spacial score (nSPS) is 20.4. The van der Waals surface area contributed by atoms with E-state index in [4.69, 9.17) is 9.32 Å². The molecule has 0 aliphatic carbocycles. The highest BCUT2D eigenvalue weighted by Gasteiger charge is 2.36. The number of anilines is 1. The van der Waals surface area contributed by atoms with Crippen molar-refractivity contribution < 1.29 is 17.4 Å². The predicted octanol–water partition coefficient (Wildman–Crippen LogP) is 2.64. The maximum absolute atomic E-state index is 13.2. The largest absolute Gasteiger partial charge is 0.380 e. The molecule has 1 aromatic carbocycles. The van der Waals surface area contributed by atoms with Crippen LogP contribution >= 0.6 is 11.8 Å². The summed E-state index contributed by atoms with van der Waals surface area (Å²) in [7, 11) is -4.15. The van der Waals surface area contributed by atoms with E-state index in [0.717, 1.165) is 29.8 Å². The molecular weight excluding hydrogens is 448 g/mol. The monoisotopic (exact) mass is 484 g/mol. The van der Waals surface area contributed by atoms with Gasteiger partial charge in [-0.3, -0.25) is 9.69 Å². The fourth-order valence-corrected chi connectivity index (χ4v) is 5.83. The third kappa shape index (κ3) is 5.70. The van der Waals surface area contributed by atoms with Crippen molar-refractivity contribution in [1.29, 1.82) is 0 Å². The van der Waals surface area contributed by atoms with Crippen LogP contribution in [0.2, 0.25) is 0 Å². The molecule has 2 aliphatic heterocycles. The van der Waals surface area contributed by atoms with Gasteiger partial charge < -0.3 is 14.0 Å². The fraction of sp³-hybridized carbons (Fsp3) is 0.682. The maximum atomic E-state index is 13.2. The number of amides is 1. The zero-order valence-corrected chi connectivity index (χ0v) is 21.3. The minimum atomic E-state index is -4.15. The highest BCUT2D eigenvalue weighted by atomic mass is 32.2. The maximum Gasteiger partial charge on any atom is 0.380 e. The van der Waals surface area contributed by atoms with Gasteiger partial charge in [-0.05, 0) is 63.1 Å². The molecule has 2 N–H and O–H groups in total. The van der Waals surface area contributed by atoms with E-state index in [-0.39, 0.29) is 23.6 Å². The lowest BCUT2D eigenvalue weighted by Crippen LogP contribution is -2.54. The third-order valence-corrected chi connectivity index (χ3v) is 7.52. The summed E-state index contributed by atoms with van der Waals surface area (Å²) in [6.07, 6.45) is 3.98. The molecule has 3 rings (SSSR count). The third-order valence-electron chi connectivity index (χ3n) is 6.31. The molecule has 32 heavy (non-hydrogen) atoms. The van der Waals surface area contributed by atoms with E-state index < -0.39 is 10.3 Å². The van der Waals surface area contributed by atoms with E-state index in [9.17, 15) is 13.2 Å². The standard InChI is InChI=1S/C22H36N4O4S2/c1-15(2)17-13-20(30-32(23,28)29)19(14-21(17)31-5)24-9-11-25(12-10-24)22(27)18-7-6-8-26(18)16(3)4/h13-16,18H,6-12H2,1-5H3,(H2,23,28,29)/t18-/m0/s1. The Balaban J connectivity index is 1.80. The molecule has 0 spiro atoms. The minimum absolute atomic E-state index is 0.0313. The van der Waals surface area contributed by atoms with Crippen molar-refractivity contribution in [2.24, 2.45) is 5.14 Å². The quantitative estimate of drug-likeness (QED) is 0.594. The van der Waals surface area contributed by atoms with Gasteiger partial charge in [0.25, 0.3) is 0 Å². The van der Waals surface area contributed by atoms with Crippen molar-refractivity contribution in [2.75, 3.05) is 43.9 Å². The topological polar surface area (TPSA) is 96.2 Å². The van der Waals surface area contributed by atoms with Crippen molar-refractivity contribution in [3.63, 3.8) is 0 Å². The van der Waals surface area contributed by atoms with Crippen molar-refractivity contribution >= 4 is 33.7 Å². The van der Waals surface area contributed by atoms with Gasteiger partial charge in [0.15, 0.2) is 5.75 Å². The number of nitrogens with two attached hydrogens (primary N) is 1. The van der Waals surface area contributed by atoms with Crippen LogP contribution in [0.4, 0.5) is 5.69 Å². The van der Waals surface area contributed by atoms with Crippen LogP contribution in [-0.4, -0.2) is 75.2 Å². The van der Waals surface area contributed by atoms with Crippen LogP contribution < -0.4 is 14.2 Å². The van der Waals surface area contributed by atoms with Crippen LogP contribution in [0.1, 0.15) is 52.0 Å². The summed E-state index contributed by atoms with van der Waals surface area (Å²) in [5, 5.41) is 5.20. The number of nitrogens with zero attached hydrogens (tertiary/aromatic N) is 3. The number of hydrogen-bond acceptors (Lipinski definition) is 7. The molecule has 2 aliphatic rings. The van der Waals surface area contributed by atoms with Crippen LogP contribution in [0.5, 0.6) is 5.75 Å². The van der Waals surface area contributed by atoms with Gasteiger partial charge in [-0.15, -0.1) is 11.8 Å². The molecule has 0 bridgehead atoms. The van der Waals surface area contributed by atoms with Gasteiger partial charge in [0.05, 0.1) is 11.7 Å². The lowest BCUT2D eigenvalue weighted by Gasteiger charge is -2.39. The van der Waals surface area contributed by atoms with E-state index in [2.05, 4.69) is 37.5 Å². The lowest BCUT2D eigenvalue weighted by atomic mass is 10.0. The molecular formula is C22H36N4O4S2. The molecule has 1 amide bonds. The van der Waals surface area contributed by atoms with Gasteiger partial charge in [0.1, 0.15) is 0 Å². The Kier molecular flexibility index (Phi) is 8.01. The molecule has 180 valence electrons. The average molecular weight is 485 g/mol. The number of hydrogen-bond donors (Lipinski definition) is 1. The molecule has 8 nitrogen and oxygen atoms in total. The Morgan fingerprint density at radius 3 is 2.31 bits per heavy atom. The molecule has 1 atom stereocenters. The predicted molar refractivity (Wildman–Crippen MR) is 130 cm³/mol. The van der Waals surface area contributed by atoms with Crippen LogP contribution in [-0.2, 0) is 15.1 Å². The SMILES string of the molecule is CSc1cc(N2CCN(C(=O)[C@@H]3CCCN3C(C)C)CC2)c(OS(N)(=O)=O)cc1C(C)C. The second-order valence-electron chi connectivity index (χ2n) is 9.09. The molecule has 0 saturated carbocycles. The molecule has 0 unspecified atom stereocenters. The fourth-order valence-electron chi connectivity index (χ4n) is 4.68. The number of benzene rings is 1. The summed E-state index contributed by atoms with van der Waals surface area (Å²) >= 11 is 1.62. The van der Waals surface area contributed by atoms with Crippen molar-refractivity contribution in [2.45, 2.75) is 63.4 Å². The van der Waals surface area contributed by atoms with Crippen LogP contribution in [0.15, 0.2) is 17.0 Å². The molecule has 0 aromatic heterocycles. The lowest BCUT2D eigenvalue weighted by molar-refractivity contribution is -0.136. The first-order chi connectivity index (χ1) is 15.0. The summed E-state index contributed by atoms with van der Waals surface area (Å²) in [4.78, 5) is 20.6. The van der Waals surface area contributed by atoms with Gasteiger partial charge in [-0.1, -0.05) is 13.8 Å². The average Bonchev–Trinajstić information content (AvgIpc) is 3.22. The van der Waals surface area contributed by atoms with Crippen LogP contribution in [0, 0.1) is 0 Å². The van der Waals surface area contributed by atoms with Crippen LogP contribution in [0.3, 0.4) is 0 Å². The van der Waals surface area contributed by atoms with Gasteiger partial charge >= 0.3 is 10.3 Å². The molecule has 2 heterocycles. The highest BCUT2D eigenvalue weighted by Crippen LogP contribution is 2.39. The van der Waals surface area contributed by atoms with E-state index in [1.165, 1.54) is 0 Å². The van der Waals surface area contributed by atoms with E-state index >= 15 is 0 Å². The van der Waals surface area contributed by atoms with E-state index in [1.54, 1.807) is 17.8 Å². The molecule has 0 radical (unpaired) electrons. The summed E-state index contributed by atoms with van der Waals surface area (Å²) in [6.45, 7) is 11.8. The Morgan fingerprint density at radius 1 is 1.12 bits per heavy atom. The van der Waals surface area contributed by atoms with E-state index in [0.29, 0.717) is 37.9 Å². The second kappa shape index (κ2) is 10.2. The number of likely N-dealkylation sites (tertiary alicyclic amines) is 1. The summed E-state index contributed by atoms with van der Waals surface area (Å²) < 4.78 is 28.6. The minimum Gasteiger partial charge on any atom is -0.369 e. The van der Waals surface area contributed by atoms with Crippen LogP contribution in [0.25, 0.3) is 0 Å². The zero-order valence-electron chi connectivity index (χ0n) is 19.7. The Labute approximate surface area is 196 Å². The van der Waals surface area contributed by atoms with Gasteiger partial charge in [0.2, 0.25) is 5.91 Å². The summed E-state index contributed by atoms with van der Waals surface area (Å²) in [6, 6.07) is 4.09. The van der Waals surface area contributed by atoms with Gasteiger partial charge in [-0.25, -0.2) is 0 Å². The van der Waals surface area contributed by atoms with E-state index in [1.807, 2.05) is 17.2 Å². The first-order valence-corrected chi connectivity index (χ1v) is 13.9. The van der Waals surface area contributed by atoms with Gasteiger partial charge in [0, 0.05) is 37.1 Å². The number of carbonyl (C=O) groups excluding carboxylic acids is 1. The zero-order chi connectivity index (χ0) is 23.6. The number of carbonyl (C=O) groups is 1. The molecule has 10 heteroatoms. The van der Waals surface area contributed by atoms with Crippen molar-refractivity contribution in [3.05, 3.63) is 17.7 Å². The molecule has 2 saturated heterocycles. The molecule has 1 aromatic rings. The van der Waals surface area contributed by atoms with Crippen molar-refractivity contribution in [1.82, 2.24) is 9.80 Å². The van der Waals surface area contributed by atoms with Gasteiger partial charge in [-0.2, -0.15) is 13.6 Å². The number of piperazine rings is 1. The number of rotatable bonds is 7. The number of thioether (sulfide) groups is 1. The first kappa shape index (κ1) is 25.1. The second-order valence-corrected chi connectivity index (χ2v) is 11.1. The van der Waals surface area contributed by atoms with Crippen molar-refractivity contribution in [3.8, 4) is 5.75 Å². The smallest absolute Gasteiger partial charge is 0.369 e. The summed E-state index contributed by atoms with van der Waals surface area (Å²) in [5.41, 5.74) is 1.72. The Morgan fingerprint density at radius 2 is 1.78 bits per heavy atom. The first-order valence-electron chi connectivity index (χ1n) is 11.3. The highest BCUT2D eigenvalue weighted by molar-refractivity contribution is 7.98. The summed E-state index contributed by atoms with van der Waals surface area (Å²) in [5.74, 6) is 0.659. The Bertz CT molecular complexity index is 928. The molecule has 2 fully saturated rings.